The van der Waals surface area contributed by atoms with Crippen LogP contribution in [0, 0.1) is 5.82 Å². The van der Waals surface area contributed by atoms with E-state index in [9.17, 15) is 14.0 Å². The van der Waals surface area contributed by atoms with Crippen LogP contribution >= 0.6 is 11.6 Å². The fraction of sp³-hybridized carbons (Fsp3) is 0. The van der Waals surface area contributed by atoms with E-state index >= 15 is 0 Å². The Kier molecular flexibility index (Phi) is 3.43. The molecule has 0 aliphatic rings. The summed E-state index contributed by atoms with van der Waals surface area (Å²) in [5.74, 6) is -1.16. The first-order valence-electron chi connectivity index (χ1n) is 5.01. The number of benzene rings is 1. The average molecular weight is 267 g/mol. The van der Waals surface area contributed by atoms with E-state index in [4.69, 9.17) is 11.6 Å². The van der Waals surface area contributed by atoms with E-state index in [1.807, 2.05) is 0 Å². The third kappa shape index (κ3) is 2.57. The largest absolute Gasteiger partial charge is 0.367 e. The summed E-state index contributed by atoms with van der Waals surface area (Å²) in [7, 11) is 0. The van der Waals surface area contributed by atoms with Gasteiger partial charge in [0.2, 0.25) is 0 Å². The molecule has 18 heavy (non-hydrogen) atoms. The topological polar surface area (TPSA) is 62.0 Å². The average Bonchev–Trinajstić information content (AvgIpc) is 2.34. The van der Waals surface area contributed by atoms with E-state index in [1.165, 1.54) is 30.6 Å². The van der Waals surface area contributed by atoms with Gasteiger partial charge in [0.1, 0.15) is 11.4 Å². The van der Waals surface area contributed by atoms with Crippen LogP contribution in [0.1, 0.15) is 10.4 Å². The van der Waals surface area contributed by atoms with Crippen LogP contribution in [0.2, 0.25) is 5.02 Å². The maximum Gasteiger partial charge on any atom is 0.261 e. The molecule has 0 radical (unpaired) electrons. The van der Waals surface area contributed by atoms with Crippen molar-refractivity contribution < 1.29 is 9.18 Å². The first-order valence-corrected chi connectivity index (χ1v) is 5.39. The Morgan fingerprint density at radius 1 is 1.33 bits per heavy atom. The van der Waals surface area contributed by atoms with Gasteiger partial charge in [-0.25, -0.2) is 4.39 Å². The lowest BCUT2D eigenvalue weighted by Gasteiger charge is -2.05. The summed E-state index contributed by atoms with van der Waals surface area (Å²) < 4.78 is 12.9. The Morgan fingerprint density at radius 3 is 2.78 bits per heavy atom. The number of hydrogen-bond donors (Lipinski definition) is 2. The Balaban J connectivity index is 2.24. The number of carbonyl (C=O) groups excluding carboxylic acids is 1. The van der Waals surface area contributed by atoms with Gasteiger partial charge < -0.3 is 10.3 Å². The number of rotatable bonds is 2. The van der Waals surface area contributed by atoms with Gasteiger partial charge in [0.15, 0.2) is 5.43 Å². The van der Waals surface area contributed by atoms with Gasteiger partial charge in [-0.3, -0.25) is 9.59 Å². The van der Waals surface area contributed by atoms with Crippen LogP contribution in [0.4, 0.5) is 10.1 Å². The van der Waals surface area contributed by atoms with Crippen LogP contribution < -0.4 is 10.7 Å². The lowest BCUT2D eigenvalue weighted by atomic mass is 10.2. The number of nitrogens with one attached hydrogen (secondary N) is 2. The molecule has 0 spiro atoms. The van der Waals surface area contributed by atoms with Crippen LogP contribution in [-0.2, 0) is 0 Å². The molecule has 6 heteroatoms. The van der Waals surface area contributed by atoms with Crippen molar-refractivity contribution >= 4 is 23.2 Å². The van der Waals surface area contributed by atoms with Gasteiger partial charge in [-0.2, -0.15) is 0 Å². The highest BCUT2D eigenvalue weighted by Crippen LogP contribution is 2.19. The zero-order chi connectivity index (χ0) is 13.1. The highest BCUT2D eigenvalue weighted by Gasteiger charge is 2.10. The Labute approximate surface area is 106 Å². The lowest BCUT2D eigenvalue weighted by molar-refractivity contribution is 0.102. The van der Waals surface area contributed by atoms with Gasteiger partial charge in [-0.15, -0.1) is 0 Å². The zero-order valence-electron chi connectivity index (χ0n) is 9.04. The summed E-state index contributed by atoms with van der Waals surface area (Å²) in [4.78, 5) is 25.8. The van der Waals surface area contributed by atoms with E-state index in [2.05, 4.69) is 10.3 Å². The number of anilines is 1. The molecule has 0 unspecified atom stereocenters. The Hall–Kier alpha value is -2.14. The quantitative estimate of drug-likeness (QED) is 0.877. The molecule has 4 nitrogen and oxygen atoms in total. The van der Waals surface area contributed by atoms with E-state index in [0.717, 1.165) is 6.07 Å². The van der Waals surface area contributed by atoms with E-state index in [-0.39, 0.29) is 10.6 Å². The second-order valence-corrected chi connectivity index (χ2v) is 3.91. The second-order valence-electron chi connectivity index (χ2n) is 3.51. The van der Waals surface area contributed by atoms with Crippen LogP contribution in [0.15, 0.2) is 41.5 Å². The molecular weight excluding hydrogens is 259 g/mol. The number of H-pyrrole nitrogens is 1. The van der Waals surface area contributed by atoms with Crippen molar-refractivity contribution in [2.75, 3.05) is 5.32 Å². The molecule has 1 aromatic heterocycles. The molecule has 0 fully saturated rings. The zero-order valence-corrected chi connectivity index (χ0v) is 9.79. The molecule has 2 rings (SSSR count). The molecule has 1 amide bonds. The minimum Gasteiger partial charge on any atom is -0.367 e. The lowest BCUT2D eigenvalue weighted by Crippen LogP contribution is -2.20. The summed E-state index contributed by atoms with van der Waals surface area (Å²) in [5.41, 5.74) is -0.118. The maximum atomic E-state index is 12.9. The predicted octanol–water partition coefficient (Wildman–Crippen LogP) is 2.42. The minimum absolute atomic E-state index is 0.0297. The molecule has 2 N–H and O–H groups in total. The van der Waals surface area contributed by atoms with Crippen molar-refractivity contribution in [3.8, 4) is 0 Å². The summed E-state index contributed by atoms with van der Waals surface area (Å²) in [6, 6.07) is 5.00. The van der Waals surface area contributed by atoms with Crippen molar-refractivity contribution in [3.63, 3.8) is 0 Å². The minimum atomic E-state index is -0.584. The van der Waals surface area contributed by atoms with Gasteiger partial charge in [0, 0.05) is 24.1 Å². The van der Waals surface area contributed by atoms with Crippen molar-refractivity contribution in [1.29, 1.82) is 0 Å². The number of pyridine rings is 1. The normalized spacial score (nSPS) is 10.1. The standard InChI is InChI=1S/C12H8ClFN2O2/c13-9-5-7(1-2-10(9)14)16-12(18)8-6-15-4-3-11(8)17/h1-6H,(H,15,17)(H,16,18). The predicted molar refractivity (Wildman–Crippen MR) is 66.4 cm³/mol. The SMILES string of the molecule is O=C(Nc1ccc(F)c(Cl)c1)c1c[nH]ccc1=O. The molecule has 0 aliphatic carbocycles. The number of hydrogen-bond acceptors (Lipinski definition) is 2. The van der Waals surface area contributed by atoms with Gasteiger partial charge >= 0.3 is 0 Å². The number of halogens is 2. The van der Waals surface area contributed by atoms with Crippen molar-refractivity contribution in [2.24, 2.45) is 0 Å². The molecule has 1 aromatic carbocycles. The molecule has 92 valence electrons. The number of aromatic nitrogens is 1. The fourth-order valence-electron chi connectivity index (χ4n) is 1.37. The highest BCUT2D eigenvalue weighted by atomic mass is 35.5. The molecule has 0 aliphatic heterocycles. The molecular formula is C12H8ClFN2O2. The van der Waals surface area contributed by atoms with E-state index in [0.29, 0.717) is 5.69 Å². The second kappa shape index (κ2) is 5.01. The first-order chi connectivity index (χ1) is 8.58. The first kappa shape index (κ1) is 12.3. The smallest absolute Gasteiger partial charge is 0.261 e. The maximum absolute atomic E-state index is 12.9. The van der Waals surface area contributed by atoms with Crippen molar-refractivity contribution in [3.05, 3.63) is 63.3 Å². The fourth-order valence-corrected chi connectivity index (χ4v) is 1.55. The highest BCUT2D eigenvalue weighted by molar-refractivity contribution is 6.31. The Bertz CT molecular complexity index is 655. The molecule has 0 bridgehead atoms. The molecule has 0 saturated heterocycles. The molecule has 0 atom stereocenters. The van der Waals surface area contributed by atoms with Gasteiger partial charge in [0.05, 0.1) is 5.02 Å². The third-order valence-electron chi connectivity index (χ3n) is 2.25. The van der Waals surface area contributed by atoms with E-state index in [1.54, 1.807) is 0 Å². The van der Waals surface area contributed by atoms with Gasteiger partial charge in [0.25, 0.3) is 5.91 Å². The van der Waals surface area contributed by atoms with Crippen LogP contribution in [0.3, 0.4) is 0 Å². The molecule has 1 heterocycles. The summed E-state index contributed by atoms with van der Waals surface area (Å²) in [5, 5.41) is 2.35. The van der Waals surface area contributed by atoms with Crippen molar-refractivity contribution in [2.45, 2.75) is 0 Å². The Morgan fingerprint density at radius 2 is 2.11 bits per heavy atom. The van der Waals surface area contributed by atoms with Crippen LogP contribution in [-0.4, -0.2) is 10.9 Å². The van der Waals surface area contributed by atoms with Gasteiger partial charge in [-0.05, 0) is 18.2 Å². The number of amides is 1. The summed E-state index contributed by atoms with van der Waals surface area (Å²) in [6.45, 7) is 0. The number of carbonyl (C=O) groups is 1. The number of aromatic amines is 1. The summed E-state index contributed by atoms with van der Waals surface area (Å²) >= 11 is 5.58. The van der Waals surface area contributed by atoms with Crippen LogP contribution in [0.5, 0.6) is 0 Å². The van der Waals surface area contributed by atoms with E-state index < -0.39 is 17.2 Å². The summed E-state index contributed by atoms with van der Waals surface area (Å²) in [6.07, 6.45) is 2.72. The molecule has 0 saturated carbocycles. The van der Waals surface area contributed by atoms with Crippen LogP contribution in [0.25, 0.3) is 0 Å². The molecule has 2 aromatic rings. The van der Waals surface area contributed by atoms with Crippen molar-refractivity contribution in [1.82, 2.24) is 4.98 Å². The third-order valence-corrected chi connectivity index (χ3v) is 2.54. The van der Waals surface area contributed by atoms with Gasteiger partial charge in [-0.1, -0.05) is 11.6 Å². The monoisotopic (exact) mass is 266 g/mol.